The van der Waals surface area contributed by atoms with E-state index < -0.39 is 18.2 Å². The number of carbonyl (C=O) groups excluding carboxylic acids is 2. The lowest BCUT2D eigenvalue weighted by molar-refractivity contribution is -0.192. The second-order valence-corrected chi connectivity index (χ2v) is 13.2. The Bertz CT molecular complexity index is 1480. The van der Waals surface area contributed by atoms with Crippen LogP contribution in [0.1, 0.15) is 51.2 Å². The molecule has 240 valence electrons. The van der Waals surface area contributed by atoms with Crippen molar-refractivity contribution in [2.45, 2.75) is 58.7 Å². The standard InChI is InChI=1S/C30H39ClN4O2.C2HF3O2/c1-19(24-16-32-25-10-8-7-9-23(24)25)28(33-27(36)15-30(2,3)4)29(37)35-18-20(17-34(5)6)13-21-14-22(31)11-12-26(21)35;3-2(4,5)1(6)7/h7-12,14,16,19-20,28,32H,13,15,17-18H2,1-6H3,(H,33,36);(H,6,7)/t19?,20-,28?;/m1./s1. The van der Waals surface area contributed by atoms with E-state index in [9.17, 15) is 22.8 Å². The SMILES string of the molecule is CC(c1c[nH]c2ccccc12)C(NC(=O)CC(C)(C)C)C(=O)N1C[C@@H](CN(C)C)Cc2cc(Cl)ccc21.O=C(O)C(F)(F)F. The fraction of sp³-hybridized carbons (Fsp3) is 0.469. The van der Waals surface area contributed by atoms with E-state index in [1.54, 1.807) is 0 Å². The topological polar surface area (TPSA) is 106 Å². The average Bonchev–Trinajstić information content (AvgIpc) is 3.33. The van der Waals surface area contributed by atoms with Gasteiger partial charge in [-0.25, -0.2) is 4.79 Å². The number of benzene rings is 2. The van der Waals surface area contributed by atoms with Gasteiger partial charge in [0.15, 0.2) is 0 Å². The van der Waals surface area contributed by atoms with Crippen molar-refractivity contribution in [1.82, 2.24) is 15.2 Å². The Labute approximate surface area is 260 Å². The molecule has 12 heteroatoms. The first-order valence-electron chi connectivity index (χ1n) is 14.3. The van der Waals surface area contributed by atoms with Crippen molar-refractivity contribution in [2.75, 3.05) is 32.1 Å². The number of para-hydroxylation sites is 1. The number of hydrogen-bond acceptors (Lipinski definition) is 4. The van der Waals surface area contributed by atoms with Gasteiger partial charge in [-0.2, -0.15) is 13.2 Å². The van der Waals surface area contributed by atoms with Crippen LogP contribution in [0.4, 0.5) is 18.9 Å². The smallest absolute Gasteiger partial charge is 0.475 e. The lowest BCUT2D eigenvalue weighted by atomic mass is 9.87. The van der Waals surface area contributed by atoms with Crippen LogP contribution in [0.2, 0.25) is 5.02 Å². The normalized spacial score (nSPS) is 16.5. The van der Waals surface area contributed by atoms with Crippen LogP contribution in [0.25, 0.3) is 10.9 Å². The first kappa shape index (κ1) is 34.9. The molecule has 3 aromatic rings. The minimum atomic E-state index is -5.08. The predicted octanol–water partition coefficient (Wildman–Crippen LogP) is 6.25. The van der Waals surface area contributed by atoms with Crippen LogP contribution in [0, 0.1) is 11.3 Å². The predicted molar refractivity (Wildman–Crippen MR) is 166 cm³/mol. The van der Waals surface area contributed by atoms with E-state index in [1.807, 2.05) is 89.3 Å². The Hall–Kier alpha value is -3.57. The molecule has 8 nitrogen and oxygen atoms in total. The number of carbonyl (C=O) groups is 3. The van der Waals surface area contributed by atoms with Crippen molar-refractivity contribution >= 4 is 46.0 Å². The fourth-order valence-corrected chi connectivity index (χ4v) is 5.68. The highest BCUT2D eigenvalue weighted by molar-refractivity contribution is 6.30. The highest BCUT2D eigenvalue weighted by Gasteiger charge is 2.39. The molecule has 3 N–H and O–H groups in total. The maximum atomic E-state index is 14.4. The van der Waals surface area contributed by atoms with Crippen LogP contribution in [0.15, 0.2) is 48.7 Å². The molecule has 1 aromatic heterocycles. The second kappa shape index (κ2) is 14.0. The summed E-state index contributed by atoms with van der Waals surface area (Å²) >= 11 is 6.35. The lowest BCUT2D eigenvalue weighted by Gasteiger charge is -2.39. The van der Waals surface area contributed by atoms with E-state index in [4.69, 9.17) is 21.5 Å². The summed E-state index contributed by atoms with van der Waals surface area (Å²) in [7, 11) is 4.10. The number of aromatic nitrogens is 1. The number of anilines is 1. The summed E-state index contributed by atoms with van der Waals surface area (Å²) in [5.74, 6) is -2.94. The Morgan fingerprint density at radius 2 is 1.77 bits per heavy atom. The van der Waals surface area contributed by atoms with E-state index in [0.29, 0.717) is 18.0 Å². The summed E-state index contributed by atoms with van der Waals surface area (Å²) in [6.45, 7) is 9.57. The maximum Gasteiger partial charge on any atom is 0.490 e. The quantitative estimate of drug-likeness (QED) is 0.285. The van der Waals surface area contributed by atoms with Gasteiger partial charge in [-0.15, -0.1) is 0 Å². The molecule has 44 heavy (non-hydrogen) atoms. The van der Waals surface area contributed by atoms with Gasteiger partial charge in [0.2, 0.25) is 11.8 Å². The van der Waals surface area contributed by atoms with E-state index >= 15 is 0 Å². The third kappa shape index (κ3) is 9.22. The Kier molecular flexibility index (Phi) is 11.1. The monoisotopic (exact) mass is 636 g/mol. The summed E-state index contributed by atoms with van der Waals surface area (Å²) in [6.07, 6.45) is -1.92. The van der Waals surface area contributed by atoms with Gasteiger partial charge in [-0.05, 0) is 67.2 Å². The van der Waals surface area contributed by atoms with Crippen molar-refractivity contribution in [3.63, 3.8) is 0 Å². The van der Waals surface area contributed by atoms with Crippen molar-refractivity contribution in [3.8, 4) is 0 Å². The Morgan fingerprint density at radius 3 is 2.36 bits per heavy atom. The van der Waals surface area contributed by atoms with Gasteiger partial charge in [0, 0.05) is 53.2 Å². The number of aliphatic carboxylic acids is 1. The number of aromatic amines is 1. The zero-order valence-corrected chi connectivity index (χ0v) is 26.5. The third-order valence-electron chi connectivity index (χ3n) is 7.30. The largest absolute Gasteiger partial charge is 0.490 e. The molecule has 2 heterocycles. The summed E-state index contributed by atoms with van der Waals surface area (Å²) < 4.78 is 31.7. The van der Waals surface area contributed by atoms with Crippen LogP contribution >= 0.6 is 11.6 Å². The van der Waals surface area contributed by atoms with Gasteiger partial charge in [0.1, 0.15) is 6.04 Å². The number of halogens is 4. The van der Waals surface area contributed by atoms with Crippen LogP contribution in [-0.4, -0.2) is 72.2 Å². The Balaban J connectivity index is 0.000000676. The number of carboxylic acid groups (broad SMARTS) is 1. The molecule has 0 bridgehead atoms. The molecule has 1 aliphatic heterocycles. The van der Waals surface area contributed by atoms with Gasteiger partial charge < -0.3 is 25.2 Å². The number of amides is 2. The summed E-state index contributed by atoms with van der Waals surface area (Å²) in [5.41, 5.74) is 3.79. The number of carboxylic acids is 1. The zero-order chi connectivity index (χ0) is 33.0. The third-order valence-corrected chi connectivity index (χ3v) is 7.53. The van der Waals surface area contributed by atoms with Crippen molar-refractivity contribution in [3.05, 3.63) is 64.8 Å². The molecule has 3 atom stereocenters. The van der Waals surface area contributed by atoms with E-state index in [1.165, 1.54) is 0 Å². The van der Waals surface area contributed by atoms with Gasteiger partial charge in [0.25, 0.3) is 0 Å². The number of rotatable bonds is 7. The van der Waals surface area contributed by atoms with Gasteiger partial charge in [-0.3, -0.25) is 9.59 Å². The lowest BCUT2D eigenvalue weighted by Crippen LogP contribution is -2.54. The minimum Gasteiger partial charge on any atom is -0.475 e. The molecule has 0 fully saturated rings. The number of H-pyrrole nitrogens is 1. The van der Waals surface area contributed by atoms with Crippen molar-refractivity contribution in [1.29, 1.82) is 0 Å². The number of alkyl halides is 3. The number of fused-ring (bicyclic) bond motifs is 2. The molecule has 0 radical (unpaired) electrons. The van der Waals surface area contributed by atoms with E-state index in [-0.39, 0.29) is 29.1 Å². The average molecular weight is 637 g/mol. The number of nitrogens with zero attached hydrogens (tertiary/aromatic N) is 2. The molecule has 0 spiro atoms. The molecule has 2 aromatic carbocycles. The second-order valence-electron chi connectivity index (χ2n) is 12.7. The van der Waals surface area contributed by atoms with Crippen LogP contribution < -0.4 is 10.2 Å². The molecule has 4 rings (SSSR count). The first-order valence-corrected chi connectivity index (χ1v) is 14.6. The van der Waals surface area contributed by atoms with Crippen LogP contribution in [0.5, 0.6) is 0 Å². The fourth-order valence-electron chi connectivity index (χ4n) is 5.49. The van der Waals surface area contributed by atoms with Crippen molar-refractivity contribution in [2.24, 2.45) is 11.3 Å². The van der Waals surface area contributed by atoms with E-state index in [2.05, 4.69) is 21.3 Å². The maximum absolute atomic E-state index is 14.4. The highest BCUT2D eigenvalue weighted by Crippen LogP contribution is 2.35. The number of nitrogens with one attached hydrogen (secondary N) is 2. The van der Waals surface area contributed by atoms with Gasteiger partial charge in [-0.1, -0.05) is 57.5 Å². The van der Waals surface area contributed by atoms with Gasteiger partial charge >= 0.3 is 12.1 Å². The summed E-state index contributed by atoms with van der Waals surface area (Å²) in [4.78, 5) is 43.8. The van der Waals surface area contributed by atoms with Crippen molar-refractivity contribution < 1.29 is 32.7 Å². The van der Waals surface area contributed by atoms with Crippen LogP contribution in [0.3, 0.4) is 0 Å². The molecule has 0 saturated heterocycles. The first-order chi connectivity index (χ1) is 20.4. The molecule has 2 unspecified atom stereocenters. The zero-order valence-electron chi connectivity index (χ0n) is 25.8. The minimum absolute atomic E-state index is 0.0907. The molecular weight excluding hydrogens is 597 g/mol. The summed E-state index contributed by atoms with van der Waals surface area (Å²) in [6, 6.07) is 13.1. The summed E-state index contributed by atoms with van der Waals surface area (Å²) in [5, 5.41) is 12.0. The highest BCUT2D eigenvalue weighted by atomic mass is 35.5. The number of hydrogen-bond donors (Lipinski definition) is 3. The molecule has 2 amide bonds. The molecular formula is C32H40ClF3N4O4. The Morgan fingerprint density at radius 1 is 1.14 bits per heavy atom. The molecule has 0 aliphatic carbocycles. The molecule has 1 aliphatic rings. The van der Waals surface area contributed by atoms with Gasteiger partial charge in [0.05, 0.1) is 0 Å². The van der Waals surface area contributed by atoms with E-state index in [0.717, 1.165) is 40.7 Å². The molecule has 0 saturated carbocycles. The van der Waals surface area contributed by atoms with Crippen LogP contribution in [-0.2, 0) is 20.8 Å².